The van der Waals surface area contributed by atoms with Crippen molar-refractivity contribution < 1.29 is 14.6 Å². The molecule has 1 aromatic rings. The second-order valence-corrected chi connectivity index (χ2v) is 6.93. The molecule has 7 heteroatoms. The zero-order chi connectivity index (χ0) is 17.7. The van der Waals surface area contributed by atoms with Gasteiger partial charge in [-0.05, 0) is 39.3 Å². The number of aliphatic hydroxyl groups is 1. The first-order chi connectivity index (χ1) is 11.3. The highest BCUT2D eigenvalue weighted by molar-refractivity contribution is 5.68. The summed E-state index contributed by atoms with van der Waals surface area (Å²) in [5, 5.41) is 21.8. The molecule has 1 saturated heterocycles. The van der Waals surface area contributed by atoms with Crippen molar-refractivity contribution in [2.75, 3.05) is 25.0 Å². The van der Waals surface area contributed by atoms with Crippen LogP contribution in [-0.4, -0.2) is 52.4 Å². The van der Waals surface area contributed by atoms with Crippen LogP contribution in [0.15, 0.2) is 18.2 Å². The molecular weight excluding hydrogens is 308 g/mol. The lowest BCUT2D eigenvalue weighted by Crippen LogP contribution is -2.51. The summed E-state index contributed by atoms with van der Waals surface area (Å²) in [6.07, 6.45) is 0.315. The Morgan fingerprint density at radius 2 is 2.29 bits per heavy atom. The average Bonchev–Trinajstić information content (AvgIpc) is 2.53. The molecule has 1 aliphatic rings. The number of piperidine rings is 1. The summed E-state index contributed by atoms with van der Waals surface area (Å²) in [6, 6.07) is 6.98. The van der Waals surface area contributed by atoms with Gasteiger partial charge in [-0.25, -0.2) is 9.78 Å². The number of amides is 1. The number of carbonyl (C=O) groups is 1. The minimum Gasteiger partial charge on any atom is -0.444 e. The number of anilines is 1. The van der Waals surface area contributed by atoms with E-state index in [9.17, 15) is 9.90 Å². The second kappa shape index (κ2) is 7.49. The van der Waals surface area contributed by atoms with Crippen LogP contribution in [0.25, 0.3) is 0 Å². The summed E-state index contributed by atoms with van der Waals surface area (Å²) >= 11 is 0. The molecule has 0 radical (unpaired) electrons. The number of rotatable bonds is 3. The Kier molecular flexibility index (Phi) is 5.62. The standard InChI is InChI=1S/C17H24N4O3/c1-17(2,3)24-16(23)21-8-7-12(11-22)14(10-21)20-15-6-4-5-13(9-18)19-15/h4-6,12,14,22H,7-8,10-11H2,1-3H3,(H,19,20). The van der Waals surface area contributed by atoms with Gasteiger partial charge in [0, 0.05) is 25.6 Å². The van der Waals surface area contributed by atoms with Crippen molar-refractivity contribution in [1.29, 1.82) is 5.26 Å². The van der Waals surface area contributed by atoms with Crippen LogP contribution in [0.1, 0.15) is 32.9 Å². The van der Waals surface area contributed by atoms with Gasteiger partial charge in [0.15, 0.2) is 0 Å². The molecule has 0 aliphatic carbocycles. The van der Waals surface area contributed by atoms with Crippen LogP contribution in [0.3, 0.4) is 0 Å². The lowest BCUT2D eigenvalue weighted by molar-refractivity contribution is 0.0139. The lowest BCUT2D eigenvalue weighted by atomic mass is 9.92. The Morgan fingerprint density at radius 1 is 1.54 bits per heavy atom. The second-order valence-electron chi connectivity index (χ2n) is 6.93. The number of aromatic nitrogens is 1. The normalized spacial score (nSPS) is 21.0. The zero-order valence-electron chi connectivity index (χ0n) is 14.3. The first-order valence-corrected chi connectivity index (χ1v) is 8.05. The van der Waals surface area contributed by atoms with Gasteiger partial charge in [0.1, 0.15) is 23.2 Å². The van der Waals surface area contributed by atoms with E-state index in [0.29, 0.717) is 31.0 Å². The van der Waals surface area contributed by atoms with Crippen LogP contribution < -0.4 is 5.32 Å². The van der Waals surface area contributed by atoms with Gasteiger partial charge in [0.25, 0.3) is 0 Å². The number of nitrogens with one attached hydrogen (secondary N) is 1. The molecule has 1 aromatic heterocycles. The third-order valence-corrected chi connectivity index (χ3v) is 3.84. The molecule has 24 heavy (non-hydrogen) atoms. The molecule has 2 atom stereocenters. The predicted octanol–water partition coefficient (Wildman–Crippen LogP) is 1.98. The lowest BCUT2D eigenvalue weighted by Gasteiger charge is -2.38. The van der Waals surface area contributed by atoms with E-state index >= 15 is 0 Å². The molecule has 0 spiro atoms. The van der Waals surface area contributed by atoms with E-state index in [0.717, 1.165) is 0 Å². The number of nitrogens with zero attached hydrogens (tertiary/aromatic N) is 3. The molecular formula is C17H24N4O3. The quantitative estimate of drug-likeness (QED) is 0.878. The maximum atomic E-state index is 12.3. The van der Waals surface area contributed by atoms with Crippen molar-refractivity contribution in [3.8, 4) is 6.07 Å². The van der Waals surface area contributed by atoms with E-state index in [1.807, 2.05) is 26.8 Å². The molecule has 7 nitrogen and oxygen atoms in total. The number of carbonyl (C=O) groups excluding carboxylic acids is 1. The van der Waals surface area contributed by atoms with Gasteiger partial charge in [-0.1, -0.05) is 6.07 Å². The van der Waals surface area contributed by atoms with Gasteiger partial charge >= 0.3 is 6.09 Å². The number of hydrogen-bond acceptors (Lipinski definition) is 6. The van der Waals surface area contributed by atoms with Crippen LogP contribution >= 0.6 is 0 Å². The summed E-state index contributed by atoms with van der Waals surface area (Å²) in [6.45, 7) is 6.48. The highest BCUT2D eigenvalue weighted by Crippen LogP contribution is 2.22. The van der Waals surface area contributed by atoms with Gasteiger partial charge in [0.05, 0.1) is 6.04 Å². The number of nitriles is 1. The molecule has 1 aliphatic heterocycles. The van der Waals surface area contributed by atoms with Gasteiger partial charge in [-0.2, -0.15) is 5.26 Å². The molecule has 2 unspecified atom stereocenters. The fraction of sp³-hybridized carbons (Fsp3) is 0.588. The topological polar surface area (TPSA) is 98.5 Å². The monoisotopic (exact) mass is 332 g/mol. The van der Waals surface area contributed by atoms with E-state index < -0.39 is 5.60 Å². The molecule has 1 amide bonds. The van der Waals surface area contributed by atoms with Gasteiger partial charge in [-0.3, -0.25) is 0 Å². The van der Waals surface area contributed by atoms with Gasteiger partial charge in [-0.15, -0.1) is 0 Å². The SMILES string of the molecule is CC(C)(C)OC(=O)N1CCC(CO)C(Nc2cccc(C#N)n2)C1. The van der Waals surface area contributed by atoms with Crippen molar-refractivity contribution in [3.05, 3.63) is 23.9 Å². The largest absolute Gasteiger partial charge is 0.444 e. The van der Waals surface area contributed by atoms with Crippen molar-refractivity contribution in [1.82, 2.24) is 9.88 Å². The number of ether oxygens (including phenoxy) is 1. The smallest absolute Gasteiger partial charge is 0.410 e. The third kappa shape index (κ3) is 4.83. The molecule has 0 bridgehead atoms. The fourth-order valence-electron chi connectivity index (χ4n) is 2.64. The third-order valence-electron chi connectivity index (χ3n) is 3.84. The summed E-state index contributed by atoms with van der Waals surface area (Å²) in [4.78, 5) is 18.1. The number of pyridine rings is 1. The Labute approximate surface area is 142 Å². The van der Waals surface area contributed by atoms with E-state index in [1.54, 1.807) is 23.1 Å². The maximum Gasteiger partial charge on any atom is 0.410 e. The summed E-state index contributed by atoms with van der Waals surface area (Å²) in [5.74, 6) is 0.569. The van der Waals surface area contributed by atoms with Gasteiger partial charge in [0.2, 0.25) is 0 Å². The predicted molar refractivity (Wildman–Crippen MR) is 89.4 cm³/mol. The van der Waals surface area contributed by atoms with Crippen molar-refractivity contribution in [2.24, 2.45) is 5.92 Å². The Bertz CT molecular complexity index is 621. The van der Waals surface area contributed by atoms with Crippen LogP contribution in [0, 0.1) is 17.2 Å². The molecule has 130 valence electrons. The fourth-order valence-corrected chi connectivity index (χ4v) is 2.64. The minimum atomic E-state index is -0.545. The Morgan fingerprint density at radius 3 is 2.92 bits per heavy atom. The minimum absolute atomic E-state index is 0.0104. The molecule has 2 heterocycles. The summed E-state index contributed by atoms with van der Waals surface area (Å²) < 4.78 is 5.42. The van der Waals surface area contributed by atoms with E-state index in [1.165, 1.54) is 0 Å². The number of aliphatic hydroxyl groups excluding tert-OH is 1. The number of hydrogen-bond donors (Lipinski definition) is 2. The summed E-state index contributed by atoms with van der Waals surface area (Å²) in [5.41, 5.74) is -0.225. The van der Waals surface area contributed by atoms with Crippen molar-refractivity contribution in [3.63, 3.8) is 0 Å². The molecule has 0 aromatic carbocycles. The summed E-state index contributed by atoms with van der Waals surface area (Å²) in [7, 11) is 0. The van der Waals surface area contributed by atoms with Crippen LogP contribution in [0.4, 0.5) is 10.6 Å². The Hall–Kier alpha value is -2.33. The highest BCUT2D eigenvalue weighted by atomic mass is 16.6. The van der Waals surface area contributed by atoms with E-state index in [2.05, 4.69) is 10.3 Å². The maximum absolute atomic E-state index is 12.3. The van der Waals surface area contributed by atoms with E-state index in [-0.39, 0.29) is 24.7 Å². The average molecular weight is 332 g/mol. The molecule has 0 saturated carbocycles. The van der Waals surface area contributed by atoms with Crippen LogP contribution in [-0.2, 0) is 4.74 Å². The molecule has 2 rings (SSSR count). The first-order valence-electron chi connectivity index (χ1n) is 8.05. The zero-order valence-corrected chi connectivity index (χ0v) is 14.3. The molecule has 1 fully saturated rings. The van der Waals surface area contributed by atoms with E-state index in [4.69, 9.17) is 10.00 Å². The van der Waals surface area contributed by atoms with Crippen LogP contribution in [0.2, 0.25) is 0 Å². The van der Waals surface area contributed by atoms with Crippen molar-refractivity contribution >= 4 is 11.9 Å². The van der Waals surface area contributed by atoms with Crippen LogP contribution in [0.5, 0.6) is 0 Å². The number of likely N-dealkylation sites (tertiary alicyclic amines) is 1. The first kappa shape index (κ1) is 18.0. The Balaban J connectivity index is 2.07. The van der Waals surface area contributed by atoms with Crippen molar-refractivity contribution in [2.45, 2.75) is 38.8 Å². The highest BCUT2D eigenvalue weighted by Gasteiger charge is 2.33. The van der Waals surface area contributed by atoms with Gasteiger partial charge < -0.3 is 20.1 Å². The molecule has 2 N–H and O–H groups in total.